The van der Waals surface area contributed by atoms with E-state index in [2.05, 4.69) is 13.8 Å². The minimum atomic E-state index is 0.352. The van der Waals surface area contributed by atoms with Crippen molar-refractivity contribution < 1.29 is 9.47 Å². The highest BCUT2D eigenvalue weighted by Gasteiger charge is 2.34. The maximum atomic E-state index is 5.68. The summed E-state index contributed by atoms with van der Waals surface area (Å²) in [6.07, 6.45) is 2.80. The van der Waals surface area contributed by atoms with Gasteiger partial charge in [0.1, 0.15) is 0 Å². The fourth-order valence-electron chi connectivity index (χ4n) is 2.15. The number of ether oxygens (including phenoxy) is 2. The number of hydrogen-bond donors (Lipinski definition) is 0. The van der Waals surface area contributed by atoms with E-state index in [0.717, 1.165) is 25.0 Å². The third-order valence-electron chi connectivity index (χ3n) is 2.93. The van der Waals surface area contributed by atoms with Crippen LogP contribution < -0.4 is 0 Å². The van der Waals surface area contributed by atoms with Crippen LogP contribution in [0.15, 0.2) is 0 Å². The van der Waals surface area contributed by atoms with Gasteiger partial charge in [-0.1, -0.05) is 26.7 Å². The molecule has 0 aromatic heterocycles. The van der Waals surface area contributed by atoms with E-state index in [-0.39, 0.29) is 0 Å². The Morgan fingerprint density at radius 3 is 2.58 bits per heavy atom. The molecular weight excluding hydrogens is 152 g/mol. The normalized spacial score (nSPS) is 35.8. The first kappa shape index (κ1) is 10.0. The molecule has 0 saturated carbocycles. The van der Waals surface area contributed by atoms with Gasteiger partial charge in [0, 0.05) is 7.11 Å². The maximum absolute atomic E-state index is 5.68. The van der Waals surface area contributed by atoms with Crippen molar-refractivity contribution in [1.29, 1.82) is 0 Å². The van der Waals surface area contributed by atoms with Crippen molar-refractivity contribution in [2.45, 2.75) is 32.8 Å². The van der Waals surface area contributed by atoms with Gasteiger partial charge in [-0.15, -0.1) is 0 Å². The number of methoxy groups -OCH3 is 1. The summed E-state index contributed by atoms with van der Waals surface area (Å²) in [5.41, 5.74) is 0. The lowest BCUT2D eigenvalue weighted by molar-refractivity contribution is 0.0199. The second kappa shape index (κ2) is 4.83. The fraction of sp³-hybridized carbons (Fsp3) is 1.00. The quantitative estimate of drug-likeness (QED) is 0.646. The van der Waals surface area contributed by atoms with Crippen LogP contribution in [-0.4, -0.2) is 26.4 Å². The predicted octanol–water partition coefficient (Wildman–Crippen LogP) is 2.08. The zero-order valence-corrected chi connectivity index (χ0v) is 8.38. The third-order valence-corrected chi connectivity index (χ3v) is 2.93. The van der Waals surface area contributed by atoms with E-state index in [0.29, 0.717) is 6.10 Å². The van der Waals surface area contributed by atoms with Gasteiger partial charge in [0.2, 0.25) is 0 Å². The fourth-order valence-corrected chi connectivity index (χ4v) is 2.15. The summed E-state index contributed by atoms with van der Waals surface area (Å²) < 4.78 is 10.8. The van der Waals surface area contributed by atoms with Gasteiger partial charge in [-0.25, -0.2) is 0 Å². The second-order valence-electron chi connectivity index (χ2n) is 3.57. The van der Waals surface area contributed by atoms with Crippen molar-refractivity contribution in [2.24, 2.45) is 11.8 Å². The molecule has 1 heterocycles. The standard InChI is InChI=1S/C10H20O2/c1-4-8-6-12-10(7-11-3)9(8)5-2/h8-10H,4-7H2,1-3H3. The van der Waals surface area contributed by atoms with E-state index in [1.54, 1.807) is 7.11 Å². The van der Waals surface area contributed by atoms with Gasteiger partial charge in [0.15, 0.2) is 0 Å². The average molecular weight is 172 g/mol. The average Bonchev–Trinajstić information content (AvgIpc) is 2.47. The minimum Gasteiger partial charge on any atom is -0.382 e. The highest BCUT2D eigenvalue weighted by Crippen LogP contribution is 2.31. The van der Waals surface area contributed by atoms with Crippen LogP contribution in [0.5, 0.6) is 0 Å². The molecule has 0 aliphatic carbocycles. The molecular formula is C10H20O2. The Balaban J connectivity index is 2.44. The summed E-state index contributed by atoms with van der Waals surface area (Å²) >= 11 is 0. The minimum absolute atomic E-state index is 0.352. The Bertz CT molecular complexity index is 125. The van der Waals surface area contributed by atoms with Crippen LogP contribution in [0, 0.1) is 11.8 Å². The Kier molecular flexibility index (Phi) is 4.02. The van der Waals surface area contributed by atoms with Crippen molar-refractivity contribution in [1.82, 2.24) is 0 Å². The molecule has 72 valence electrons. The van der Waals surface area contributed by atoms with Gasteiger partial charge >= 0.3 is 0 Å². The van der Waals surface area contributed by atoms with E-state index >= 15 is 0 Å². The maximum Gasteiger partial charge on any atom is 0.0839 e. The van der Waals surface area contributed by atoms with Crippen molar-refractivity contribution in [3.05, 3.63) is 0 Å². The van der Waals surface area contributed by atoms with E-state index in [4.69, 9.17) is 9.47 Å². The molecule has 0 radical (unpaired) electrons. The summed E-state index contributed by atoms with van der Waals surface area (Å²) in [4.78, 5) is 0. The van der Waals surface area contributed by atoms with Gasteiger partial charge in [-0.05, 0) is 11.8 Å². The molecule has 0 spiro atoms. The predicted molar refractivity (Wildman–Crippen MR) is 49.2 cm³/mol. The molecule has 0 aromatic carbocycles. The molecule has 0 amide bonds. The van der Waals surface area contributed by atoms with Crippen molar-refractivity contribution in [3.8, 4) is 0 Å². The van der Waals surface area contributed by atoms with Crippen LogP contribution in [0.25, 0.3) is 0 Å². The van der Waals surface area contributed by atoms with Crippen LogP contribution >= 0.6 is 0 Å². The Morgan fingerprint density at radius 1 is 1.33 bits per heavy atom. The largest absolute Gasteiger partial charge is 0.382 e. The molecule has 3 unspecified atom stereocenters. The van der Waals surface area contributed by atoms with Crippen LogP contribution in [0.1, 0.15) is 26.7 Å². The zero-order valence-electron chi connectivity index (χ0n) is 8.38. The van der Waals surface area contributed by atoms with Gasteiger partial charge in [-0.2, -0.15) is 0 Å². The second-order valence-corrected chi connectivity index (χ2v) is 3.57. The van der Waals surface area contributed by atoms with E-state index in [1.165, 1.54) is 12.8 Å². The summed E-state index contributed by atoms with van der Waals surface area (Å²) in [5, 5.41) is 0. The monoisotopic (exact) mass is 172 g/mol. The van der Waals surface area contributed by atoms with Crippen LogP contribution in [0.3, 0.4) is 0 Å². The lowest BCUT2D eigenvalue weighted by Crippen LogP contribution is -2.24. The molecule has 2 nitrogen and oxygen atoms in total. The molecule has 3 atom stereocenters. The molecule has 2 heteroatoms. The zero-order chi connectivity index (χ0) is 8.97. The van der Waals surface area contributed by atoms with Gasteiger partial charge in [0.05, 0.1) is 19.3 Å². The molecule has 1 aliphatic rings. The SMILES string of the molecule is CCC1COC(COC)C1CC. The molecule has 0 aromatic rings. The summed E-state index contributed by atoms with van der Waals surface area (Å²) in [6, 6.07) is 0. The Labute approximate surface area is 75.2 Å². The molecule has 0 N–H and O–H groups in total. The van der Waals surface area contributed by atoms with E-state index < -0.39 is 0 Å². The van der Waals surface area contributed by atoms with E-state index in [1.807, 2.05) is 0 Å². The summed E-state index contributed by atoms with van der Waals surface area (Å²) in [7, 11) is 1.75. The third kappa shape index (κ3) is 1.99. The van der Waals surface area contributed by atoms with Crippen LogP contribution in [0.2, 0.25) is 0 Å². The molecule has 1 aliphatic heterocycles. The molecule has 0 bridgehead atoms. The van der Waals surface area contributed by atoms with E-state index in [9.17, 15) is 0 Å². The van der Waals surface area contributed by atoms with Crippen molar-refractivity contribution in [3.63, 3.8) is 0 Å². The first-order valence-electron chi connectivity index (χ1n) is 4.94. The highest BCUT2D eigenvalue weighted by molar-refractivity contribution is 4.81. The molecule has 1 fully saturated rings. The van der Waals surface area contributed by atoms with Gasteiger partial charge < -0.3 is 9.47 Å². The Hall–Kier alpha value is -0.0800. The van der Waals surface area contributed by atoms with Gasteiger partial charge in [-0.3, -0.25) is 0 Å². The topological polar surface area (TPSA) is 18.5 Å². The van der Waals surface area contributed by atoms with Crippen molar-refractivity contribution >= 4 is 0 Å². The highest BCUT2D eigenvalue weighted by atomic mass is 16.5. The summed E-state index contributed by atoms with van der Waals surface area (Å²) in [6.45, 7) is 6.18. The van der Waals surface area contributed by atoms with Crippen LogP contribution in [-0.2, 0) is 9.47 Å². The van der Waals surface area contributed by atoms with Crippen LogP contribution in [0.4, 0.5) is 0 Å². The first-order valence-corrected chi connectivity index (χ1v) is 4.94. The molecule has 12 heavy (non-hydrogen) atoms. The number of hydrogen-bond acceptors (Lipinski definition) is 2. The lowest BCUT2D eigenvalue weighted by Gasteiger charge is -2.19. The number of rotatable bonds is 4. The molecule has 1 rings (SSSR count). The van der Waals surface area contributed by atoms with Gasteiger partial charge in [0.25, 0.3) is 0 Å². The van der Waals surface area contributed by atoms with Crippen molar-refractivity contribution in [2.75, 3.05) is 20.3 Å². The Morgan fingerprint density at radius 2 is 2.08 bits per heavy atom. The smallest absolute Gasteiger partial charge is 0.0839 e. The lowest BCUT2D eigenvalue weighted by atomic mass is 9.87. The molecule has 1 saturated heterocycles. The summed E-state index contributed by atoms with van der Waals surface area (Å²) in [5.74, 6) is 1.48. The first-order chi connectivity index (χ1) is 5.83.